The lowest BCUT2D eigenvalue weighted by Gasteiger charge is -2.59. The van der Waals surface area contributed by atoms with E-state index in [2.05, 4.69) is 30.2 Å². The number of aliphatic hydroxyl groups is 2. The largest absolute Gasteiger partial charge is 0.492 e. The van der Waals surface area contributed by atoms with Gasteiger partial charge in [0.2, 0.25) is 5.79 Å². The van der Waals surface area contributed by atoms with Crippen molar-refractivity contribution in [3.63, 3.8) is 0 Å². The Morgan fingerprint density at radius 1 is 1.10 bits per heavy atom. The SMILES string of the molecule is C=CCCOC(=O)N(CCC)[C@H]1CC(=NOCC)C2=C[C@H](CCCCO)[C@@H](CCCCO)[C@@H]3c4cc(OCCN5CC5)ccc4O[C@@]1(OCC=C)[C@H]23. The van der Waals surface area contributed by atoms with Crippen LogP contribution in [-0.4, -0.2) is 109 Å². The van der Waals surface area contributed by atoms with Gasteiger partial charge in [-0.15, -0.1) is 13.2 Å². The Hall–Kier alpha value is -3.38. The summed E-state index contributed by atoms with van der Waals surface area (Å²) in [6, 6.07) is 5.50. The maximum absolute atomic E-state index is 14.0. The number of hydrogen-bond donors (Lipinski definition) is 2. The molecule has 5 rings (SSSR count). The first-order valence-electron chi connectivity index (χ1n) is 19.6. The lowest BCUT2D eigenvalue weighted by atomic mass is 9.55. The highest BCUT2D eigenvalue weighted by Crippen LogP contribution is 2.62. The van der Waals surface area contributed by atoms with E-state index in [4.69, 9.17) is 28.9 Å². The van der Waals surface area contributed by atoms with Gasteiger partial charge in [-0.2, -0.15) is 0 Å². The van der Waals surface area contributed by atoms with E-state index >= 15 is 0 Å². The number of amides is 1. The van der Waals surface area contributed by atoms with Gasteiger partial charge >= 0.3 is 6.09 Å². The summed E-state index contributed by atoms with van der Waals surface area (Å²) in [5, 5.41) is 24.3. The third-order valence-electron chi connectivity index (χ3n) is 10.8. The van der Waals surface area contributed by atoms with Crippen LogP contribution in [0.25, 0.3) is 0 Å². The second kappa shape index (κ2) is 19.6. The van der Waals surface area contributed by atoms with Crippen molar-refractivity contribution in [3.8, 4) is 11.5 Å². The van der Waals surface area contributed by atoms with Gasteiger partial charge in [-0.25, -0.2) is 4.79 Å². The second-order valence-electron chi connectivity index (χ2n) is 14.3. The van der Waals surface area contributed by atoms with Crippen LogP contribution in [-0.2, 0) is 14.3 Å². The summed E-state index contributed by atoms with van der Waals surface area (Å²) < 4.78 is 26.4. The molecule has 0 aromatic heterocycles. The van der Waals surface area contributed by atoms with E-state index in [0.717, 1.165) is 74.3 Å². The number of rotatable bonds is 23. The molecule has 0 spiro atoms. The normalized spacial score (nSPS) is 26.7. The zero-order valence-electron chi connectivity index (χ0n) is 31.4. The van der Waals surface area contributed by atoms with E-state index in [1.165, 1.54) is 0 Å². The van der Waals surface area contributed by atoms with Gasteiger partial charge in [-0.1, -0.05) is 43.1 Å². The molecule has 11 nitrogen and oxygen atoms in total. The number of nitrogens with zero attached hydrogens (tertiary/aromatic N) is 3. The summed E-state index contributed by atoms with van der Waals surface area (Å²) in [7, 11) is 0. The van der Waals surface area contributed by atoms with E-state index < -0.39 is 17.9 Å². The molecule has 6 atom stereocenters. The van der Waals surface area contributed by atoms with Crippen LogP contribution >= 0.6 is 0 Å². The summed E-state index contributed by atoms with van der Waals surface area (Å²) in [5.41, 5.74) is 2.84. The van der Waals surface area contributed by atoms with Crippen LogP contribution in [0.5, 0.6) is 11.5 Å². The summed E-state index contributed by atoms with van der Waals surface area (Å²) in [6.07, 6.45) is 11.9. The Bertz CT molecular complexity index is 1400. The highest BCUT2D eigenvalue weighted by molar-refractivity contribution is 6.02. The van der Waals surface area contributed by atoms with Gasteiger partial charge in [-0.3, -0.25) is 9.80 Å². The van der Waals surface area contributed by atoms with Crippen LogP contribution in [0, 0.1) is 17.8 Å². The second-order valence-corrected chi connectivity index (χ2v) is 14.3. The Labute approximate surface area is 310 Å². The molecule has 1 saturated heterocycles. The van der Waals surface area contributed by atoms with Crippen molar-refractivity contribution in [1.29, 1.82) is 0 Å². The zero-order valence-corrected chi connectivity index (χ0v) is 31.4. The van der Waals surface area contributed by atoms with Crippen molar-refractivity contribution >= 4 is 11.8 Å². The number of oxime groups is 1. The number of carbonyl (C=O) groups excluding carboxylic acids is 1. The van der Waals surface area contributed by atoms with Gasteiger partial charge < -0.3 is 34.0 Å². The summed E-state index contributed by atoms with van der Waals surface area (Å²) in [4.78, 5) is 23.9. The van der Waals surface area contributed by atoms with Crippen molar-refractivity contribution in [2.24, 2.45) is 22.9 Å². The minimum absolute atomic E-state index is 0.1000. The molecule has 4 aliphatic rings. The number of aliphatic hydroxyl groups excluding tert-OH is 2. The summed E-state index contributed by atoms with van der Waals surface area (Å²) in [5.74, 6) is 0.0414. The minimum atomic E-state index is -1.30. The van der Waals surface area contributed by atoms with Gasteiger partial charge in [0.05, 0.1) is 24.8 Å². The molecule has 1 saturated carbocycles. The zero-order chi connectivity index (χ0) is 36.9. The van der Waals surface area contributed by atoms with Crippen molar-refractivity contribution in [2.75, 3.05) is 65.8 Å². The number of allylic oxidation sites excluding steroid dienone is 1. The van der Waals surface area contributed by atoms with Crippen molar-refractivity contribution in [2.45, 2.75) is 89.4 Å². The number of carbonyl (C=O) groups is 1. The molecule has 2 heterocycles. The Balaban J connectivity index is 1.71. The van der Waals surface area contributed by atoms with Gasteiger partial charge in [0.25, 0.3) is 0 Å². The molecular weight excluding hydrogens is 662 g/mol. The average molecular weight is 724 g/mol. The third-order valence-corrected chi connectivity index (χ3v) is 10.8. The molecule has 2 fully saturated rings. The van der Waals surface area contributed by atoms with Crippen molar-refractivity contribution < 1.29 is 38.8 Å². The Morgan fingerprint density at radius 2 is 1.88 bits per heavy atom. The van der Waals surface area contributed by atoms with Gasteiger partial charge in [0.15, 0.2) is 0 Å². The maximum atomic E-state index is 14.0. The first-order valence-corrected chi connectivity index (χ1v) is 19.6. The van der Waals surface area contributed by atoms with Gasteiger partial charge in [0, 0.05) is 57.3 Å². The quantitative estimate of drug-likeness (QED) is 0.0567. The molecule has 2 aliphatic carbocycles. The number of benzene rings is 1. The predicted molar refractivity (Wildman–Crippen MR) is 202 cm³/mol. The van der Waals surface area contributed by atoms with E-state index in [0.29, 0.717) is 51.2 Å². The van der Waals surface area contributed by atoms with Crippen LogP contribution in [0.2, 0.25) is 0 Å². The van der Waals surface area contributed by atoms with E-state index in [9.17, 15) is 15.0 Å². The molecule has 2 N–H and O–H groups in total. The van der Waals surface area contributed by atoms with Gasteiger partial charge in [-0.05, 0) is 81.1 Å². The molecular formula is C41H61N3O8. The molecule has 0 bridgehead atoms. The smallest absolute Gasteiger partial charge is 0.410 e. The molecule has 1 aromatic rings. The number of hydrogen-bond acceptors (Lipinski definition) is 10. The standard InChI is InChI=1S/C41H61N3O8/c1-5-9-25-49-40(47)44(18-6-2)37-29-35(42-51-8-4)33-27-30(14-10-12-22-45)32(15-11-13-23-46)38-34-28-31(48-26-21-43-19-20-43)16-17-36(34)52-41(37,39(33)38)50-24-7-3/h5,7,16-17,27-28,30,32,37-39,45-46H,1,3,6,8-15,18-26,29H2,2,4H3/t30-,32+,37-,38+,39+,41+/m0/s1. The third kappa shape index (κ3) is 9.21. The summed E-state index contributed by atoms with van der Waals surface area (Å²) >= 11 is 0. The first kappa shape index (κ1) is 39.8. The monoisotopic (exact) mass is 723 g/mol. The highest BCUT2D eigenvalue weighted by Gasteiger charge is 2.65. The van der Waals surface area contributed by atoms with E-state index in [1.807, 2.05) is 26.0 Å². The lowest BCUT2D eigenvalue weighted by Crippen LogP contribution is -2.70. The van der Waals surface area contributed by atoms with Crippen molar-refractivity contribution in [1.82, 2.24) is 9.80 Å². The number of unbranched alkanes of at least 4 members (excludes halogenated alkanes) is 2. The van der Waals surface area contributed by atoms with Crippen LogP contribution < -0.4 is 9.47 Å². The van der Waals surface area contributed by atoms with E-state index in [-0.39, 0.29) is 50.1 Å². The number of fused-ring (bicyclic) bond motifs is 2. The van der Waals surface area contributed by atoms with Crippen LogP contribution in [0.1, 0.15) is 83.1 Å². The Kier molecular flexibility index (Phi) is 15.0. The molecule has 288 valence electrons. The highest BCUT2D eigenvalue weighted by atomic mass is 16.7. The molecule has 52 heavy (non-hydrogen) atoms. The lowest BCUT2D eigenvalue weighted by molar-refractivity contribution is -0.255. The van der Waals surface area contributed by atoms with Crippen LogP contribution in [0.3, 0.4) is 0 Å². The fourth-order valence-corrected chi connectivity index (χ4v) is 8.40. The molecule has 11 heteroatoms. The fraction of sp³-hybridized carbons (Fsp3) is 0.659. The molecule has 0 radical (unpaired) electrons. The molecule has 2 aliphatic heterocycles. The average Bonchev–Trinajstić information content (AvgIpc) is 3.98. The predicted octanol–water partition coefficient (Wildman–Crippen LogP) is 6.46. The fourth-order valence-electron chi connectivity index (χ4n) is 8.40. The first-order chi connectivity index (χ1) is 25.5. The summed E-state index contributed by atoms with van der Waals surface area (Å²) in [6.45, 7) is 17.0. The van der Waals surface area contributed by atoms with Crippen LogP contribution in [0.15, 0.2) is 60.3 Å². The van der Waals surface area contributed by atoms with Gasteiger partial charge in [0.1, 0.15) is 30.8 Å². The van der Waals surface area contributed by atoms with Crippen molar-refractivity contribution in [3.05, 3.63) is 60.7 Å². The Morgan fingerprint density at radius 3 is 2.58 bits per heavy atom. The molecule has 0 unspecified atom stereocenters. The molecule has 1 aromatic carbocycles. The van der Waals surface area contributed by atoms with Crippen LogP contribution in [0.4, 0.5) is 4.79 Å². The minimum Gasteiger partial charge on any atom is -0.492 e. The topological polar surface area (TPSA) is 122 Å². The molecule has 1 amide bonds. The van der Waals surface area contributed by atoms with E-state index in [1.54, 1.807) is 17.1 Å². The maximum Gasteiger partial charge on any atom is 0.410 e. The number of ether oxygens (including phenoxy) is 4.